The van der Waals surface area contributed by atoms with E-state index in [0.29, 0.717) is 6.04 Å². The number of piperidine rings is 1. The molecule has 1 N–H and O–H groups in total. The summed E-state index contributed by atoms with van der Waals surface area (Å²) in [6.45, 7) is 3.32. The molecule has 0 radical (unpaired) electrons. The van der Waals surface area contributed by atoms with E-state index in [1.807, 2.05) is 12.1 Å². The molecule has 1 aliphatic heterocycles. The van der Waals surface area contributed by atoms with Crippen molar-refractivity contribution in [3.8, 4) is 0 Å². The molecule has 0 atom stereocenters. The van der Waals surface area contributed by atoms with Crippen LogP contribution in [-0.4, -0.2) is 29.9 Å². The minimum Gasteiger partial charge on any atom is -0.349 e. The molecular formula is C25H32N2O. The summed E-state index contributed by atoms with van der Waals surface area (Å²) < 4.78 is 0. The van der Waals surface area contributed by atoms with Gasteiger partial charge < -0.3 is 5.32 Å². The molecule has 0 bridgehead atoms. The van der Waals surface area contributed by atoms with E-state index in [0.717, 1.165) is 30.9 Å². The zero-order valence-electron chi connectivity index (χ0n) is 16.8. The van der Waals surface area contributed by atoms with Gasteiger partial charge in [0.05, 0.1) is 0 Å². The van der Waals surface area contributed by atoms with Crippen LogP contribution in [0.25, 0.3) is 0 Å². The monoisotopic (exact) mass is 376 g/mol. The number of hydrogen-bond donors (Lipinski definition) is 1. The summed E-state index contributed by atoms with van der Waals surface area (Å²) in [5.41, 5.74) is 3.56. The molecule has 2 aromatic rings. The van der Waals surface area contributed by atoms with Gasteiger partial charge in [0.1, 0.15) is 0 Å². The topological polar surface area (TPSA) is 32.3 Å². The third-order valence-electron chi connectivity index (χ3n) is 6.39. The van der Waals surface area contributed by atoms with Crippen LogP contribution in [0.1, 0.15) is 60.0 Å². The molecular weight excluding hydrogens is 344 g/mol. The lowest BCUT2D eigenvalue weighted by atomic mass is 9.90. The number of benzene rings is 2. The van der Waals surface area contributed by atoms with E-state index in [1.54, 1.807) is 0 Å². The van der Waals surface area contributed by atoms with Gasteiger partial charge in [-0.2, -0.15) is 0 Å². The maximum absolute atomic E-state index is 12.4. The first-order valence-electron chi connectivity index (χ1n) is 10.9. The molecule has 3 heteroatoms. The fraction of sp³-hybridized carbons (Fsp3) is 0.480. The van der Waals surface area contributed by atoms with Crippen molar-refractivity contribution < 1.29 is 4.79 Å². The van der Waals surface area contributed by atoms with Gasteiger partial charge in [0, 0.05) is 18.2 Å². The van der Waals surface area contributed by atoms with Gasteiger partial charge in [0.15, 0.2) is 0 Å². The van der Waals surface area contributed by atoms with Crippen molar-refractivity contribution in [2.24, 2.45) is 5.92 Å². The minimum atomic E-state index is 0.0835. The van der Waals surface area contributed by atoms with E-state index in [2.05, 4.69) is 52.7 Å². The molecule has 148 valence electrons. The van der Waals surface area contributed by atoms with E-state index < -0.39 is 0 Å². The maximum Gasteiger partial charge on any atom is 0.251 e. The number of likely N-dealkylation sites (tertiary alicyclic amines) is 1. The second-order valence-corrected chi connectivity index (χ2v) is 8.56. The third kappa shape index (κ3) is 5.23. The number of amides is 1. The normalized spacial score (nSPS) is 19.0. The zero-order chi connectivity index (χ0) is 19.2. The first-order chi connectivity index (χ1) is 13.8. The van der Waals surface area contributed by atoms with E-state index in [4.69, 9.17) is 0 Å². The molecule has 3 nitrogen and oxygen atoms in total. The highest BCUT2D eigenvalue weighted by atomic mass is 16.1. The summed E-state index contributed by atoms with van der Waals surface area (Å²) in [6.07, 6.45) is 8.50. The summed E-state index contributed by atoms with van der Waals surface area (Å²) in [7, 11) is 0. The molecule has 28 heavy (non-hydrogen) atoms. The van der Waals surface area contributed by atoms with Gasteiger partial charge >= 0.3 is 0 Å². The molecule has 0 unspecified atom stereocenters. The van der Waals surface area contributed by atoms with Crippen molar-refractivity contribution >= 4 is 5.91 Å². The van der Waals surface area contributed by atoms with E-state index >= 15 is 0 Å². The molecule has 1 saturated heterocycles. The molecule has 4 rings (SSSR count). The first-order valence-corrected chi connectivity index (χ1v) is 10.9. The van der Waals surface area contributed by atoms with Crippen LogP contribution >= 0.6 is 0 Å². The summed E-state index contributed by atoms with van der Waals surface area (Å²) in [4.78, 5) is 14.9. The lowest BCUT2D eigenvalue weighted by molar-refractivity contribution is 0.0938. The molecule has 2 aliphatic rings. The van der Waals surface area contributed by atoms with E-state index in [-0.39, 0.29) is 5.91 Å². The first kappa shape index (κ1) is 19.2. The SMILES string of the molecule is O=C(NC1CCCC1)c1ccc(CN2CCC(Cc3ccccc3)CC2)cc1. The molecule has 1 aliphatic carbocycles. The summed E-state index contributed by atoms with van der Waals surface area (Å²) in [5, 5.41) is 3.17. The Balaban J connectivity index is 1.23. The van der Waals surface area contributed by atoms with Crippen LogP contribution in [0.2, 0.25) is 0 Å². The Labute approximate surface area is 169 Å². The van der Waals surface area contributed by atoms with Crippen molar-refractivity contribution in [2.75, 3.05) is 13.1 Å². The Morgan fingerprint density at radius 1 is 0.857 bits per heavy atom. The van der Waals surface area contributed by atoms with E-state index in [1.165, 1.54) is 56.3 Å². The summed E-state index contributed by atoms with van der Waals surface area (Å²) in [6, 6.07) is 19.5. The fourth-order valence-corrected chi connectivity index (χ4v) is 4.65. The van der Waals surface area contributed by atoms with Gasteiger partial charge in [0.2, 0.25) is 0 Å². The molecule has 2 aromatic carbocycles. The largest absolute Gasteiger partial charge is 0.349 e. The third-order valence-corrected chi connectivity index (χ3v) is 6.39. The number of nitrogens with one attached hydrogen (secondary N) is 1. The van der Waals surface area contributed by atoms with Gasteiger partial charge in [-0.15, -0.1) is 0 Å². The van der Waals surface area contributed by atoms with Crippen molar-refractivity contribution in [2.45, 2.75) is 57.5 Å². The Kier molecular flexibility index (Phi) is 6.43. The second kappa shape index (κ2) is 9.38. The molecule has 0 spiro atoms. The van der Waals surface area contributed by atoms with Crippen LogP contribution in [-0.2, 0) is 13.0 Å². The van der Waals surface area contributed by atoms with Gasteiger partial charge in [-0.25, -0.2) is 0 Å². The molecule has 1 amide bonds. The standard InChI is InChI=1S/C25H32N2O/c28-25(26-24-8-4-5-9-24)23-12-10-22(11-13-23)19-27-16-14-21(15-17-27)18-20-6-2-1-3-7-20/h1-3,6-7,10-13,21,24H,4-5,8-9,14-19H2,(H,26,28). The Hall–Kier alpha value is -2.13. The van der Waals surface area contributed by atoms with Gasteiger partial charge in [-0.1, -0.05) is 55.3 Å². The van der Waals surface area contributed by atoms with Crippen LogP contribution in [0.3, 0.4) is 0 Å². The van der Waals surface area contributed by atoms with Crippen molar-refractivity contribution in [3.63, 3.8) is 0 Å². The minimum absolute atomic E-state index is 0.0835. The highest BCUT2D eigenvalue weighted by molar-refractivity contribution is 5.94. The van der Waals surface area contributed by atoms with Gasteiger partial charge in [-0.3, -0.25) is 9.69 Å². The van der Waals surface area contributed by atoms with Crippen LogP contribution in [0, 0.1) is 5.92 Å². The Morgan fingerprint density at radius 2 is 1.54 bits per heavy atom. The van der Waals surface area contributed by atoms with Crippen molar-refractivity contribution in [3.05, 3.63) is 71.3 Å². The maximum atomic E-state index is 12.4. The van der Waals surface area contributed by atoms with Crippen LogP contribution in [0.15, 0.2) is 54.6 Å². The quantitative estimate of drug-likeness (QED) is 0.784. The highest BCUT2D eigenvalue weighted by Gasteiger charge is 2.20. The molecule has 1 saturated carbocycles. The number of rotatable bonds is 6. The average Bonchev–Trinajstić information content (AvgIpc) is 3.24. The molecule has 1 heterocycles. The van der Waals surface area contributed by atoms with Gasteiger partial charge in [-0.05, 0) is 74.4 Å². The smallest absolute Gasteiger partial charge is 0.251 e. The highest BCUT2D eigenvalue weighted by Crippen LogP contribution is 2.23. The second-order valence-electron chi connectivity index (χ2n) is 8.56. The number of nitrogens with zero attached hydrogens (tertiary/aromatic N) is 1. The van der Waals surface area contributed by atoms with E-state index in [9.17, 15) is 4.79 Å². The summed E-state index contributed by atoms with van der Waals surface area (Å²) in [5.74, 6) is 0.889. The van der Waals surface area contributed by atoms with Crippen LogP contribution in [0.5, 0.6) is 0 Å². The fourth-order valence-electron chi connectivity index (χ4n) is 4.65. The van der Waals surface area contributed by atoms with Gasteiger partial charge in [0.25, 0.3) is 5.91 Å². The molecule has 0 aromatic heterocycles. The van der Waals surface area contributed by atoms with Crippen molar-refractivity contribution in [1.82, 2.24) is 10.2 Å². The van der Waals surface area contributed by atoms with Crippen LogP contribution in [0.4, 0.5) is 0 Å². The average molecular weight is 377 g/mol. The summed E-state index contributed by atoms with van der Waals surface area (Å²) >= 11 is 0. The lowest BCUT2D eigenvalue weighted by Gasteiger charge is -2.32. The number of hydrogen-bond acceptors (Lipinski definition) is 2. The predicted molar refractivity (Wildman–Crippen MR) is 114 cm³/mol. The number of carbonyl (C=O) groups is 1. The Morgan fingerprint density at radius 3 is 2.21 bits per heavy atom. The zero-order valence-corrected chi connectivity index (χ0v) is 16.8. The van der Waals surface area contributed by atoms with Crippen LogP contribution < -0.4 is 5.32 Å². The van der Waals surface area contributed by atoms with Crippen molar-refractivity contribution in [1.29, 1.82) is 0 Å². The Bertz CT molecular complexity index is 742. The molecule has 2 fully saturated rings. The number of carbonyl (C=O) groups excluding carboxylic acids is 1. The predicted octanol–water partition coefficient (Wildman–Crippen LogP) is 4.81. The lowest BCUT2D eigenvalue weighted by Crippen LogP contribution is -2.34.